The molecule has 206 valence electrons. The highest BCUT2D eigenvalue weighted by Crippen LogP contribution is 2.32. The van der Waals surface area contributed by atoms with Gasteiger partial charge in [-0.3, -0.25) is 18.3 Å². The lowest BCUT2D eigenvalue weighted by atomic mass is 10.0. The fourth-order valence-corrected chi connectivity index (χ4v) is 4.88. The van der Waals surface area contributed by atoms with Crippen molar-refractivity contribution in [3.8, 4) is 0 Å². The lowest BCUT2D eigenvalue weighted by Gasteiger charge is -2.24. The molecular weight excluding hydrogens is 501 g/mol. The fraction of sp³-hybridized carbons (Fsp3) is 0.448. The van der Waals surface area contributed by atoms with Gasteiger partial charge in [-0.1, -0.05) is 18.2 Å². The van der Waals surface area contributed by atoms with Crippen LogP contribution in [0.2, 0.25) is 0 Å². The number of H-pyrrole nitrogens is 1. The first kappa shape index (κ1) is 26.6. The van der Waals surface area contributed by atoms with Crippen molar-refractivity contribution < 1.29 is 13.9 Å². The van der Waals surface area contributed by atoms with Crippen molar-refractivity contribution in [3.05, 3.63) is 74.7 Å². The number of rotatable bonds is 9. The minimum absolute atomic E-state index is 0.0501. The number of fused-ring (bicyclic) bond motifs is 2. The molecule has 0 radical (unpaired) electrons. The molecule has 5 rings (SSSR count). The predicted molar refractivity (Wildman–Crippen MR) is 148 cm³/mol. The van der Waals surface area contributed by atoms with Crippen LogP contribution in [0.25, 0.3) is 21.9 Å². The lowest BCUT2D eigenvalue weighted by molar-refractivity contribution is 0.0500. The van der Waals surface area contributed by atoms with Gasteiger partial charge in [0.2, 0.25) is 0 Å². The van der Waals surface area contributed by atoms with Crippen molar-refractivity contribution in [2.75, 3.05) is 6.67 Å². The van der Waals surface area contributed by atoms with Gasteiger partial charge in [-0.05, 0) is 82.7 Å². The number of unbranched alkanes of at least 4 members (excludes halogenated alkanes) is 1. The van der Waals surface area contributed by atoms with E-state index in [1.807, 2.05) is 24.3 Å². The van der Waals surface area contributed by atoms with Gasteiger partial charge >= 0.3 is 11.8 Å². The number of ether oxygens (including phenoxy) is 1. The maximum absolute atomic E-state index is 13.4. The maximum atomic E-state index is 13.4. The molecule has 1 aliphatic rings. The van der Waals surface area contributed by atoms with E-state index >= 15 is 0 Å². The van der Waals surface area contributed by atoms with Crippen LogP contribution < -0.4 is 16.6 Å². The van der Waals surface area contributed by atoms with Crippen molar-refractivity contribution in [1.29, 1.82) is 0 Å². The molecule has 0 aliphatic heterocycles. The smallest absolute Gasteiger partial charge is 0.408 e. The summed E-state index contributed by atoms with van der Waals surface area (Å²) in [5.74, 6) is 0.574. The van der Waals surface area contributed by atoms with Gasteiger partial charge in [0.05, 0.1) is 41.2 Å². The Hall–Kier alpha value is -3.95. The highest BCUT2D eigenvalue weighted by Gasteiger charge is 2.29. The minimum Gasteiger partial charge on any atom is -0.444 e. The summed E-state index contributed by atoms with van der Waals surface area (Å²) in [5, 5.41) is 3.43. The second kappa shape index (κ2) is 10.7. The number of hydrogen-bond donors (Lipinski definition) is 2. The Balaban J connectivity index is 1.46. The first-order valence-corrected chi connectivity index (χ1v) is 13.4. The number of hydrogen-bond acceptors (Lipinski definition) is 5. The summed E-state index contributed by atoms with van der Waals surface area (Å²) < 4.78 is 21.2. The molecule has 9 nitrogen and oxygen atoms in total. The molecule has 2 aromatic heterocycles. The molecule has 2 N–H and O–H groups in total. The van der Waals surface area contributed by atoms with E-state index in [0.717, 1.165) is 23.9 Å². The highest BCUT2D eigenvalue weighted by molar-refractivity contribution is 5.79. The van der Waals surface area contributed by atoms with Crippen molar-refractivity contribution in [1.82, 2.24) is 24.4 Å². The van der Waals surface area contributed by atoms with Crippen LogP contribution in [0.15, 0.2) is 52.1 Å². The molecule has 2 heterocycles. The molecule has 10 heteroatoms. The number of aromatic nitrogens is 4. The van der Waals surface area contributed by atoms with Gasteiger partial charge in [0.1, 0.15) is 11.4 Å². The van der Waals surface area contributed by atoms with Gasteiger partial charge in [-0.25, -0.2) is 14.6 Å². The van der Waals surface area contributed by atoms with Gasteiger partial charge in [0, 0.05) is 6.04 Å². The second-order valence-corrected chi connectivity index (χ2v) is 11.1. The van der Waals surface area contributed by atoms with E-state index in [-0.39, 0.29) is 29.9 Å². The van der Waals surface area contributed by atoms with E-state index in [1.54, 1.807) is 43.5 Å². The van der Waals surface area contributed by atoms with Crippen molar-refractivity contribution >= 4 is 28.0 Å². The van der Waals surface area contributed by atoms with E-state index in [0.29, 0.717) is 41.5 Å². The SMILES string of the molecule is CC(C)(C)OC(=O)NC(CCCCF)c1ccc2nc(Cn3c(=O)n(C4CC4)c(=O)c4ccccc43)[nH]c2c1. The molecule has 2 aromatic carbocycles. The summed E-state index contributed by atoms with van der Waals surface area (Å²) >= 11 is 0. The lowest BCUT2D eigenvalue weighted by Crippen LogP contribution is -2.39. The molecule has 1 atom stereocenters. The number of alkyl halides is 1. The average molecular weight is 536 g/mol. The van der Waals surface area contributed by atoms with Crippen LogP contribution in [0.3, 0.4) is 0 Å². The number of nitrogens with one attached hydrogen (secondary N) is 2. The standard InChI is InChI=1S/C29H34FN5O4/c1-29(2,3)39-27(37)33-21(9-6-7-15-30)18-11-14-22-23(16-18)32-25(31-22)17-34-24-10-5-4-8-20(24)26(36)35(28(34)38)19-12-13-19/h4-5,8,10-11,14,16,19,21H,6-7,9,12-13,15,17H2,1-3H3,(H,31,32)(H,33,37). The second-order valence-electron chi connectivity index (χ2n) is 11.1. The third kappa shape index (κ3) is 5.89. The van der Waals surface area contributed by atoms with Crippen LogP contribution >= 0.6 is 0 Å². The normalized spacial score (nSPS) is 14.6. The number of imidazole rings is 1. The summed E-state index contributed by atoms with van der Waals surface area (Å²) in [7, 11) is 0. The molecular formula is C29H34FN5O4. The number of benzene rings is 2. The van der Waals surface area contributed by atoms with Crippen molar-refractivity contribution in [2.24, 2.45) is 0 Å². The van der Waals surface area contributed by atoms with Gasteiger partial charge in [0.15, 0.2) is 0 Å². The average Bonchev–Trinajstić information content (AvgIpc) is 3.63. The molecule has 1 amide bonds. The molecule has 1 saturated carbocycles. The molecule has 39 heavy (non-hydrogen) atoms. The molecule has 4 aromatic rings. The van der Waals surface area contributed by atoms with Crippen LogP contribution in [0.5, 0.6) is 0 Å². The molecule has 0 bridgehead atoms. The number of nitrogens with zero attached hydrogens (tertiary/aromatic N) is 3. The summed E-state index contributed by atoms with van der Waals surface area (Å²) in [5.41, 5.74) is 1.64. The van der Waals surface area contributed by atoms with Crippen LogP contribution in [-0.4, -0.2) is 37.5 Å². The number of halogens is 1. The zero-order valence-corrected chi connectivity index (χ0v) is 22.5. The topological polar surface area (TPSA) is 111 Å². The highest BCUT2D eigenvalue weighted by atomic mass is 19.1. The maximum Gasteiger partial charge on any atom is 0.408 e. The Morgan fingerprint density at radius 2 is 1.95 bits per heavy atom. The zero-order chi connectivity index (χ0) is 27.7. The summed E-state index contributed by atoms with van der Waals surface area (Å²) in [6, 6.07) is 12.4. The Bertz CT molecular complexity index is 1630. The number of aromatic amines is 1. The van der Waals surface area contributed by atoms with Crippen molar-refractivity contribution in [3.63, 3.8) is 0 Å². The van der Waals surface area contributed by atoms with Crippen LogP contribution in [0.1, 0.15) is 76.3 Å². The van der Waals surface area contributed by atoms with Gasteiger partial charge < -0.3 is 15.0 Å². The van der Waals surface area contributed by atoms with E-state index in [1.165, 1.54) is 4.57 Å². The third-order valence-electron chi connectivity index (χ3n) is 6.83. The minimum atomic E-state index is -0.639. The Morgan fingerprint density at radius 3 is 2.67 bits per heavy atom. The number of para-hydroxylation sites is 1. The number of carbonyl (C=O) groups excluding carboxylic acids is 1. The number of alkyl carbamates (subject to hydrolysis) is 1. The Labute approximate surface area is 225 Å². The molecule has 1 aliphatic carbocycles. The van der Waals surface area contributed by atoms with E-state index < -0.39 is 18.4 Å². The molecule has 0 spiro atoms. The predicted octanol–water partition coefficient (Wildman–Crippen LogP) is 5.13. The van der Waals surface area contributed by atoms with Crippen LogP contribution in [0.4, 0.5) is 9.18 Å². The third-order valence-corrected chi connectivity index (χ3v) is 6.83. The van der Waals surface area contributed by atoms with Gasteiger partial charge in [-0.15, -0.1) is 0 Å². The fourth-order valence-electron chi connectivity index (χ4n) is 4.88. The number of carbonyl (C=O) groups is 1. The molecule has 1 unspecified atom stereocenters. The van der Waals surface area contributed by atoms with Crippen molar-refractivity contribution in [2.45, 2.75) is 77.1 Å². The Morgan fingerprint density at radius 1 is 1.18 bits per heavy atom. The Kier molecular flexibility index (Phi) is 7.29. The van der Waals surface area contributed by atoms with Gasteiger partial charge in [-0.2, -0.15) is 0 Å². The quantitative estimate of drug-likeness (QED) is 0.289. The van der Waals surface area contributed by atoms with E-state index in [9.17, 15) is 18.8 Å². The van der Waals surface area contributed by atoms with E-state index in [4.69, 9.17) is 4.74 Å². The van der Waals surface area contributed by atoms with E-state index in [2.05, 4.69) is 15.3 Å². The zero-order valence-electron chi connectivity index (χ0n) is 22.5. The summed E-state index contributed by atoms with van der Waals surface area (Å²) in [4.78, 5) is 46.9. The largest absolute Gasteiger partial charge is 0.444 e. The first-order valence-electron chi connectivity index (χ1n) is 13.4. The van der Waals surface area contributed by atoms with Crippen LogP contribution in [0, 0.1) is 0 Å². The molecule has 0 saturated heterocycles. The molecule has 1 fully saturated rings. The summed E-state index contributed by atoms with van der Waals surface area (Å²) in [6.07, 6.45) is 2.69. The van der Waals surface area contributed by atoms with Gasteiger partial charge in [0.25, 0.3) is 5.56 Å². The summed E-state index contributed by atoms with van der Waals surface area (Å²) in [6.45, 7) is 5.16. The number of amides is 1. The van der Waals surface area contributed by atoms with Crippen LogP contribution in [-0.2, 0) is 11.3 Å². The monoisotopic (exact) mass is 535 g/mol. The first-order chi connectivity index (χ1) is 18.6.